The average molecular weight is 315 g/mol. The van der Waals surface area contributed by atoms with Gasteiger partial charge in [0.2, 0.25) is 0 Å². The SMILES string of the molecule is Cc1c(B2OC(C)(C)C(C)(C)O2)cccc1C(=O)NC1CCC1. The second-order valence-corrected chi connectivity index (χ2v) is 7.71. The second-order valence-electron chi connectivity index (χ2n) is 7.71. The summed E-state index contributed by atoms with van der Waals surface area (Å²) in [6, 6.07) is 6.10. The molecule has 2 aliphatic rings. The Kier molecular flexibility index (Phi) is 4.05. The summed E-state index contributed by atoms with van der Waals surface area (Å²) in [6.07, 6.45) is 3.38. The number of rotatable bonds is 3. The third-order valence-corrected chi connectivity index (χ3v) is 5.57. The van der Waals surface area contributed by atoms with Crippen LogP contribution in [0.5, 0.6) is 0 Å². The molecule has 0 atom stereocenters. The molecule has 1 amide bonds. The Balaban J connectivity index is 1.84. The van der Waals surface area contributed by atoms with Crippen molar-refractivity contribution in [3.05, 3.63) is 29.3 Å². The molecule has 23 heavy (non-hydrogen) atoms. The second kappa shape index (κ2) is 5.64. The van der Waals surface area contributed by atoms with Gasteiger partial charge in [-0.1, -0.05) is 12.1 Å². The highest BCUT2D eigenvalue weighted by molar-refractivity contribution is 6.62. The van der Waals surface area contributed by atoms with Crippen molar-refractivity contribution in [2.24, 2.45) is 0 Å². The first-order chi connectivity index (χ1) is 10.7. The quantitative estimate of drug-likeness (QED) is 0.872. The summed E-state index contributed by atoms with van der Waals surface area (Å²) < 4.78 is 12.3. The van der Waals surface area contributed by atoms with E-state index in [-0.39, 0.29) is 17.1 Å². The molecule has 0 radical (unpaired) electrons. The Bertz CT molecular complexity index is 607. The molecule has 5 heteroatoms. The normalized spacial score (nSPS) is 22.7. The lowest BCUT2D eigenvalue weighted by Gasteiger charge is -2.32. The van der Waals surface area contributed by atoms with E-state index in [1.807, 2.05) is 52.8 Å². The van der Waals surface area contributed by atoms with Crippen LogP contribution < -0.4 is 10.8 Å². The predicted molar refractivity (Wildman–Crippen MR) is 92.0 cm³/mol. The topological polar surface area (TPSA) is 47.6 Å². The standard InChI is InChI=1S/C18H26BNO3/c1-12-14(16(21)20-13-8-6-9-13)10-7-11-15(12)19-22-17(2,3)18(4,5)23-19/h7,10-11,13H,6,8-9H2,1-5H3,(H,20,21). The van der Waals surface area contributed by atoms with Gasteiger partial charge in [-0.25, -0.2) is 0 Å². The number of amides is 1. The molecular formula is C18H26BNO3. The van der Waals surface area contributed by atoms with Crippen molar-refractivity contribution in [2.45, 2.75) is 71.1 Å². The van der Waals surface area contributed by atoms with E-state index in [1.54, 1.807) is 0 Å². The lowest BCUT2D eigenvalue weighted by molar-refractivity contribution is 0.00578. The minimum absolute atomic E-state index is 0.00515. The maximum Gasteiger partial charge on any atom is 0.495 e. The first-order valence-corrected chi connectivity index (χ1v) is 8.47. The summed E-state index contributed by atoms with van der Waals surface area (Å²) in [7, 11) is -0.434. The molecule has 1 aromatic carbocycles. The minimum Gasteiger partial charge on any atom is -0.399 e. The Morgan fingerprint density at radius 2 is 1.78 bits per heavy atom. The van der Waals surface area contributed by atoms with Crippen LogP contribution in [0.4, 0.5) is 0 Å². The van der Waals surface area contributed by atoms with Crippen LogP contribution in [0.1, 0.15) is 62.9 Å². The van der Waals surface area contributed by atoms with E-state index in [0.717, 1.165) is 23.9 Å². The van der Waals surface area contributed by atoms with Crippen molar-refractivity contribution in [1.82, 2.24) is 5.32 Å². The number of hydrogen-bond donors (Lipinski definition) is 1. The Morgan fingerprint density at radius 1 is 1.17 bits per heavy atom. The van der Waals surface area contributed by atoms with Gasteiger partial charge in [-0.15, -0.1) is 0 Å². The first-order valence-electron chi connectivity index (χ1n) is 8.47. The molecular weight excluding hydrogens is 289 g/mol. The van der Waals surface area contributed by atoms with Crippen LogP contribution in [0.3, 0.4) is 0 Å². The smallest absolute Gasteiger partial charge is 0.399 e. The molecule has 1 saturated carbocycles. The summed E-state index contributed by atoms with van der Waals surface area (Å²) in [5, 5.41) is 3.10. The summed E-state index contributed by atoms with van der Waals surface area (Å²) >= 11 is 0. The highest BCUT2D eigenvalue weighted by Gasteiger charge is 2.52. The number of benzene rings is 1. The highest BCUT2D eigenvalue weighted by Crippen LogP contribution is 2.36. The molecule has 1 heterocycles. The molecule has 1 aromatic rings. The van der Waals surface area contributed by atoms with Crippen LogP contribution in [0.2, 0.25) is 0 Å². The predicted octanol–water partition coefficient (Wildman–Crippen LogP) is 2.58. The number of hydrogen-bond acceptors (Lipinski definition) is 3. The summed E-state index contributed by atoms with van der Waals surface area (Å²) in [6.45, 7) is 10.1. The van der Waals surface area contributed by atoms with Crippen molar-refractivity contribution >= 4 is 18.5 Å². The lowest BCUT2D eigenvalue weighted by atomic mass is 9.75. The maximum atomic E-state index is 12.5. The van der Waals surface area contributed by atoms with Crippen LogP contribution in [0, 0.1) is 6.92 Å². The zero-order valence-corrected chi connectivity index (χ0v) is 14.7. The zero-order chi connectivity index (χ0) is 16.8. The van der Waals surface area contributed by atoms with Gasteiger partial charge < -0.3 is 14.6 Å². The van der Waals surface area contributed by atoms with Crippen molar-refractivity contribution in [2.75, 3.05) is 0 Å². The van der Waals surface area contributed by atoms with Crippen molar-refractivity contribution in [1.29, 1.82) is 0 Å². The van der Waals surface area contributed by atoms with Crippen LogP contribution in [-0.2, 0) is 9.31 Å². The van der Waals surface area contributed by atoms with Gasteiger partial charge in [-0.2, -0.15) is 0 Å². The van der Waals surface area contributed by atoms with E-state index < -0.39 is 7.12 Å². The Morgan fingerprint density at radius 3 is 2.30 bits per heavy atom. The summed E-state index contributed by atoms with van der Waals surface area (Å²) in [5.74, 6) is 0.00515. The van der Waals surface area contributed by atoms with E-state index in [0.29, 0.717) is 11.6 Å². The fraction of sp³-hybridized carbons (Fsp3) is 0.611. The molecule has 2 fully saturated rings. The van der Waals surface area contributed by atoms with Gasteiger partial charge in [-0.05, 0) is 71.0 Å². The van der Waals surface area contributed by atoms with E-state index >= 15 is 0 Å². The summed E-state index contributed by atoms with van der Waals surface area (Å²) in [5.41, 5.74) is 1.82. The van der Waals surface area contributed by atoms with E-state index in [9.17, 15) is 4.79 Å². The summed E-state index contributed by atoms with van der Waals surface area (Å²) in [4.78, 5) is 12.5. The fourth-order valence-electron chi connectivity index (χ4n) is 2.94. The molecule has 0 aromatic heterocycles. The van der Waals surface area contributed by atoms with Crippen LogP contribution in [-0.4, -0.2) is 30.3 Å². The largest absolute Gasteiger partial charge is 0.495 e. The Hall–Kier alpha value is -1.33. The van der Waals surface area contributed by atoms with Crippen molar-refractivity contribution in [3.63, 3.8) is 0 Å². The van der Waals surface area contributed by atoms with Crippen LogP contribution in [0.25, 0.3) is 0 Å². The van der Waals surface area contributed by atoms with Gasteiger partial charge in [0.1, 0.15) is 0 Å². The molecule has 1 N–H and O–H groups in total. The van der Waals surface area contributed by atoms with E-state index in [2.05, 4.69) is 5.32 Å². The van der Waals surface area contributed by atoms with Gasteiger partial charge in [0.25, 0.3) is 5.91 Å². The van der Waals surface area contributed by atoms with Gasteiger partial charge in [0.05, 0.1) is 11.2 Å². The first kappa shape index (κ1) is 16.5. The average Bonchev–Trinajstić information content (AvgIpc) is 2.62. The van der Waals surface area contributed by atoms with Gasteiger partial charge in [-0.3, -0.25) is 4.79 Å². The van der Waals surface area contributed by atoms with Crippen molar-refractivity contribution in [3.8, 4) is 0 Å². The minimum atomic E-state index is -0.434. The van der Waals surface area contributed by atoms with E-state index in [4.69, 9.17) is 9.31 Å². The fourth-order valence-corrected chi connectivity index (χ4v) is 2.94. The number of carbonyl (C=O) groups excluding carboxylic acids is 1. The molecule has 3 rings (SSSR count). The van der Waals surface area contributed by atoms with E-state index in [1.165, 1.54) is 6.42 Å². The van der Waals surface area contributed by atoms with Crippen LogP contribution in [0.15, 0.2) is 18.2 Å². The molecule has 1 saturated heterocycles. The highest BCUT2D eigenvalue weighted by atomic mass is 16.7. The molecule has 4 nitrogen and oxygen atoms in total. The molecule has 0 unspecified atom stereocenters. The maximum absolute atomic E-state index is 12.5. The van der Waals surface area contributed by atoms with Crippen LogP contribution >= 0.6 is 0 Å². The number of nitrogens with one attached hydrogen (secondary N) is 1. The Labute approximate surface area is 139 Å². The molecule has 1 aliphatic heterocycles. The third kappa shape index (κ3) is 2.92. The molecule has 0 bridgehead atoms. The van der Waals surface area contributed by atoms with Crippen molar-refractivity contribution < 1.29 is 14.1 Å². The van der Waals surface area contributed by atoms with Gasteiger partial charge in [0, 0.05) is 11.6 Å². The monoisotopic (exact) mass is 315 g/mol. The molecule has 0 spiro atoms. The third-order valence-electron chi connectivity index (χ3n) is 5.57. The lowest BCUT2D eigenvalue weighted by Crippen LogP contribution is -2.41. The number of carbonyl (C=O) groups is 1. The van der Waals surface area contributed by atoms with Gasteiger partial charge >= 0.3 is 7.12 Å². The molecule has 1 aliphatic carbocycles. The van der Waals surface area contributed by atoms with Gasteiger partial charge in [0.15, 0.2) is 0 Å². The molecule has 124 valence electrons. The zero-order valence-electron chi connectivity index (χ0n) is 14.7.